The van der Waals surface area contributed by atoms with E-state index in [-0.39, 0.29) is 17.8 Å². The van der Waals surface area contributed by atoms with E-state index in [0.29, 0.717) is 32.7 Å². The first-order valence-corrected chi connectivity index (χ1v) is 9.15. The van der Waals surface area contributed by atoms with Crippen molar-refractivity contribution in [3.05, 3.63) is 29.6 Å². The number of anilines is 1. The van der Waals surface area contributed by atoms with E-state index in [2.05, 4.69) is 20.2 Å². The Balaban J connectivity index is 1.38. The molecular weight excluding hydrogens is 375 g/mol. The number of alkyl halides is 3. The number of halogens is 3. The standard InChI is InChI=1S/C17H20F3N7O/c1-11-23-24-14-3-2-12(10-27(11)14)15(28)25-6-8-26(9-7-25)16-21-5-4-13(22-16)17(18,19)20/h4-5,12H,2-3,6-10H2,1H3/t12-/m0/s1. The molecule has 1 atom stereocenters. The van der Waals surface area contributed by atoms with Gasteiger partial charge in [0.15, 0.2) is 0 Å². The number of fused-ring (bicyclic) bond motifs is 1. The topological polar surface area (TPSA) is 80.0 Å². The van der Waals surface area contributed by atoms with E-state index in [0.717, 1.165) is 36.8 Å². The van der Waals surface area contributed by atoms with Crippen LogP contribution in [0.3, 0.4) is 0 Å². The summed E-state index contributed by atoms with van der Waals surface area (Å²) >= 11 is 0. The molecule has 0 radical (unpaired) electrons. The van der Waals surface area contributed by atoms with Crippen LogP contribution in [0.5, 0.6) is 0 Å². The van der Waals surface area contributed by atoms with Crippen LogP contribution in [0, 0.1) is 12.8 Å². The molecule has 2 aromatic rings. The summed E-state index contributed by atoms with van der Waals surface area (Å²) in [5, 5.41) is 8.18. The summed E-state index contributed by atoms with van der Waals surface area (Å²) in [5.41, 5.74) is -0.960. The summed E-state index contributed by atoms with van der Waals surface area (Å²) in [7, 11) is 0. The fraction of sp³-hybridized carbons (Fsp3) is 0.588. The molecule has 0 bridgehead atoms. The van der Waals surface area contributed by atoms with Crippen LogP contribution in [0.25, 0.3) is 0 Å². The quantitative estimate of drug-likeness (QED) is 0.763. The maximum atomic E-state index is 12.9. The van der Waals surface area contributed by atoms with Crippen LogP contribution in [0.4, 0.5) is 19.1 Å². The van der Waals surface area contributed by atoms with Gasteiger partial charge in [-0.05, 0) is 19.4 Å². The van der Waals surface area contributed by atoms with E-state index in [1.807, 2.05) is 11.5 Å². The number of amides is 1. The molecule has 4 heterocycles. The maximum absolute atomic E-state index is 12.9. The molecular formula is C17H20F3N7O. The fourth-order valence-corrected chi connectivity index (χ4v) is 3.71. The van der Waals surface area contributed by atoms with Crippen molar-refractivity contribution in [2.24, 2.45) is 5.92 Å². The number of aromatic nitrogens is 5. The van der Waals surface area contributed by atoms with Crippen LogP contribution in [0.1, 0.15) is 23.8 Å². The summed E-state index contributed by atoms with van der Waals surface area (Å²) < 4.78 is 40.5. The third-order valence-electron chi connectivity index (χ3n) is 5.29. The number of hydrogen-bond donors (Lipinski definition) is 0. The van der Waals surface area contributed by atoms with E-state index < -0.39 is 11.9 Å². The number of hydrogen-bond acceptors (Lipinski definition) is 6. The number of nitrogens with zero attached hydrogens (tertiary/aromatic N) is 7. The summed E-state index contributed by atoms with van der Waals surface area (Å²) in [6.07, 6.45) is -1.94. The third-order valence-corrected chi connectivity index (χ3v) is 5.29. The minimum atomic E-state index is -4.50. The van der Waals surface area contributed by atoms with Crippen molar-refractivity contribution in [1.82, 2.24) is 29.6 Å². The molecule has 0 N–H and O–H groups in total. The van der Waals surface area contributed by atoms with Crippen molar-refractivity contribution in [2.75, 3.05) is 31.1 Å². The summed E-state index contributed by atoms with van der Waals surface area (Å²) in [5.74, 6) is 1.71. The number of piperazine rings is 1. The van der Waals surface area contributed by atoms with Gasteiger partial charge >= 0.3 is 6.18 Å². The molecule has 1 saturated heterocycles. The highest BCUT2D eigenvalue weighted by Gasteiger charge is 2.35. The largest absolute Gasteiger partial charge is 0.433 e. The van der Waals surface area contributed by atoms with E-state index >= 15 is 0 Å². The Morgan fingerprint density at radius 2 is 1.93 bits per heavy atom. The molecule has 0 aliphatic carbocycles. The molecule has 0 aromatic carbocycles. The second-order valence-corrected chi connectivity index (χ2v) is 7.06. The molecule has 8 nitrogen and oxygen atoms in total. The average molecular weight is 395 g/mol. The molecule has 1 amide bonds. The maximum Gasteiger partial charge on any atom is 0.433 e. The Kier molecular flexibility index (Phi) is 4.68. The fourth-order valence-electron chi connectivity index (χ4n) is 3.71. The first-order chi connectivity index (χ1) is 13.3. The molecule has 28 heavy (non-hydrogen) atoms. The lowest BCUT2D eigenvalue weighted by atomic mass is 9.97. The van der Waals surface area contributed by atoms with Gasteiger partial charge in [0.25, 0.3) is 0 Å². The Hall–Kier alpha value is -2.72. The van der Waals surface area contributed by atoms with Gasteiger partial charge in [-0.1, -0.05) is 0 Å². The van der Waals surface area contributed by atoms with Gasteiger partial charge in [-0.15, -0.1) is 10.2 Å². The molecule has 2 aromatic heterocycles. The van der Waals surface area contributed by atoms with Crippen LogP contribution in [-0.2, 0) is 23.9 Å². The van der Waals surface area contributed by atoms with Crippen molar-refractivity contribution < 1.29 is 18.0 Å². The zero-order chi connectivity index (χ0) is 19.9. The van der Waals surface area contributed by atoms with Crippen molar-refractivity contribution in [3.8, 4) is 0 Å². The van der Waals surface area contributed by atoms with Gasteiger partial charge in [0, 0.05) is 45.3 Å². The van der Waals surface area contributed by atoms with E-state index in [1.54, 1.807) is 9.80 Å². The van der Waals surface area contributed by atoms with Gasteiger partial charge in [0.1, 0.15) is 17.3 Å². The molecule has 0 spiro atoms. The molecule has 11 heteroatoms. The second-order valence-electron chi connectivity index (χ2n) is 7.06. The first kappa shape index (κ1) is 18.6. The van der Waals surface area contributed by atoms with Crippen molar-refractivity contribution >= 4 is 11.9 Å². The highest BCUT2D eigenvalue weighted by atomic mass is 19.4. The van der Waals surface area contributed by atoms with Crippen molar-refractivity contribution in [3.63, 3.8) is 0 Å². The normalized spacial score (nSPS) is 20.2. The van der Waals surface area contributed by atoms with Crippen LogP contribution >= 0.6 is 0 Å². The molecule has 2 aliphatic heterocycles. The lowest BCUT2D eigenvalue weighted by molar-refractivity contribution is -0.141. The van der Waals surface area contributed by atoms with Gasteiger partial charge in [-0.3, -0.25) is 4.79 Å². The third kappa shape index (κ3) is 3.52. The minimum Gasteiger partial charge on any atom is -0.339 e. The van der Waals surface area contributed by atoms with Crippen LogP contribution < -0.4 is 4.90 Å². The molecule has 150 valence electrons. The van der Waals surface area contributed by atoms with E-state index in [4.69, 9.17) is 0 Å². The lowest BCUT2D eigenvalue weighted by Crippen LogP contribution is -2.51. The predicted molar refractivity (Wildman–Crippen MR) is 92.4 cm³/mol. The van der Waals surface area contributed by atoms with Gasteiger partial charge < -0.3 is 14.4 Å². The van der Waals surface area contributed by atoms with Crippen molar-refractivity contribution in [2.45, 2.75) is 32.5 Å². The highest BCUT2D eigenvalue weighted by molar-refractivity contribution is 5.79. The van der Waals surface area contributed by atoms with Gasteiger partial charge in [0.2, 0.25) is 11.9 Å². The number of carbonyl (C=O) groups excluding carboxylic acids is 1. The SMILES string of the molecule is Cc1nnc2n1C[C@@H](C(=O)N1CCN(c3nccc(C(F)(F)F)n3)CC1)CC2. The number of carbonyl (C=O) groups is 1. The van der Waals surface area contributed by atoms with Crippen LogP contribution in [0.2, 0.25) is 0 Å². The molecule has 0 saturated carbocycles. The average Bonchev–Trinajstić information content (AvgIpc) is 3.07. The Morgan fingerprint density at radius 3 is 2.64 bits per heavy atom. The van der Waals surface area contributed by atoms with E-state index in [1.165, 1.54) is 0 Å². The van der Waals surface area contributed by atoms with Crippen LogP contribution in [0.15, 0.2) is 12.3 Å². The minimum absolute atomic E-state index is 0.0457. The number of rotatable bonds is 2. The molecule has 1 fully saturated rings. The van der Waals surface area contributed by atoms with Gasteiger partial charge in [-0.2, -0.15) is 13.2 Å². The van der Waals surface area contributed by atoms with Gasteiger partial charge in [-0.25, -0.2) is 9.97 Å². The van der Waals surface area contributed by atoms with Gasteiger partial charge in [0.05, 0.1) is 5.92 Å². The molecule has 4 rings (SSSR count). The second kappa shape index (κ2) is 7.02. The first-order valence-electron chi connectivity index (χ1n) is 9.15. The Morgan fingerprint density at radius 1 is 1.18 bits per heavy atom. The zero-order valence-corrected chi connectivity index (χ0v) is 15.4. The Labute approximate surface area is 159 Å². The highest BCUT2D eigenvalue weighted by Crippen LogP contribution is 2.28. The smallest absolute Gasteiger partial charge is 0.339 e. The summed E-state index contributed by atoms with van der Waals surface area (Å²) in [4.78, 5) is 23.9. The predicted octanol–water partition coefficient (Wildman–Crippen LogP) is 1.31. The van der Waals surface area contributed by atoms with Crippen molar-refractivity contribution in [1.29, 1.82) is 0 Å². The summed E-state index contributed by atoms with van der Waals surface area (Å²) in [6, 6.07) is 0.855. The lowest BCUT2D eigenvalue weighted by Gasteiger charge is -2.37. The number of aryl methyl sites for hydroxylation is 2. The molecule has 2 aliphatic rings. The monoisotopic (exact) mass is 395 g/mol. The Bertz CT molecular complexity index is 874. The zero-order valence-electron chi connectivity index (χ0n) is 15.4. The van der Waals surface area contributed by atoms with E-state index in [9.17, 15) is 18.0 Å². The molecule has 0 unspecified atom stereocenters. The van der Waals surface area contributed by atoms with Crippen LogP contribution in [-0.4, -0.2) is 61.7 Å². The summed E-state index contributed by atoms with van der Waals surface area (Å²) in [6.45, 7) is 4.11.